The predicted molar refractivity (Wildman–Crippen MR) is 78.8 cm³/mol. The van der Waals surface area contributed by atoms with Crippen LogP contribution < -0.4 is 14.8 Å². The maximum absolute atomic E-state index is 10.8. The second-order valence-corrected chi connectivity index (χ2v) is 4.51. The van der Waals surface area contributed by atoms with E-state index in [1.54, 1.807) is 25.2 Å². The fourth-order valence-corrected chi connectivity index (χ4v) is 2.04. The predicted octanol–water partition coefficient (Wildman–Crippen LogP) is 1.58. The van der Waals surface area contributed by atoms with Gasteiger partial charge in [0.15, 0.2) is 11.5 Å². The van der Waals surface area contributed by atoms with Crippen LogP contribution in [0, 0.1) is 0 Å². The highest BCUT2D eigenvalue weighted by Gasteiger charge is 2.23. The lowest BCUT2D eigenvalue weighted by atomic mass is 9.99. The summed E-state index contributed by atoms with van der Waals surface area (Å²) >= 11 is 0. The first-order valence-corrected chi connectivity index (χ1v) is 7.00. The number of ether oxygens (including phenoxy) is 2. The lowest BCUT2D eigenvalue weighted by Crippen LogP contribution is -2.34. The molecular weight excluding hydrogens is 274 g/mol. The van der Waals surface area contributed by atoms with Gasteiger partial charge in [-0.05, 0) is 38.6 Å². The number of likely N-dealkylation sites (N-methyl/N-ethyl adjacent to an activating group) is 1. The fraction of sp³-hybridized carbons (Fsp3) is 0.533. The van der Waals surface area contributed by atoms with E-state index >= 15 is 0 Å². The van der Waals surface area contributed by atoms with E-state index in [0.29, 0.717) is 30.3 Å². The number of rotatable bonds is 9. The number of nitrogens with one attached hydrogen (secondary N) is 1. The van der Waals surface area contributed by atoms with E-state index in [1.807, 2.05) is 13.8 Å². The summed E-state index contributed by atoms with van der Waals surface area (Å²) in [5.41, 5.74) is 0.586. The van der Waals surface area contributed by atoms with Crippen LogP contribution in [0.1, 0.15) is 31.9 Å². The minimum absolute atomic E-state index is 0.172. The number of aliphatic hydroxyl groups is 1. The van der Waals surface area contributed by atoms with Gasteiger partial charge in [0.2, 0.25) is 0 Å². The van der Waals surface area contributed by atoms with Crippen LogP contribution in [0.15, 0.2) is 18.2 Å². The molecule has 2 atom stereocenters. The average Bonchev–Trinajstić information content (AvgIpc) is 2.46. The maximum Gasteiger partial charge on any atom is 0.305 e. The summed E-state index contributed by atoms with van der Waals surface area (Å²) in [5, 5.41) is 22.0. The lowest BCUT2D eigenvalue weighted by Gasteiger charge is -2.22. The van der Waals surface area contributed by atoms with Crippen molar-refractivity contribution < 1.29 is 24.5 Å². The third-order valence-electron chi connectivity index (χ3n) is 3.06. The zero-order valence-corrected chi connectivity index (χ0v) is 12.6. The third kappa shape index (κ3) is 4.91. The molecule has 0 fully saturated rings. The van der Waals surface area contributed by atoms with Crippen molar-refractivity contribution in [2.45, 2.75) is 32.4 Å². The summed E-state index contributed by atoms with van der Waals surface area (Å²) in [7, 11) is 1.62. The highest BCUT2D eigenvalue weighted by Crippen LogP contribution is 2.32. The molecule has 0 radical (unpaired) electrons. The molecule has 0 aliphatic heterocycles. The van der Waals surface area contributed by atoms with E-state index in [4.69, 9.17) is 14.6 Å². The summed E-state index contributed by atoms with van der Waals surface area (Å²) < 4.78 is 11.0. The fourth-order valence-electron chi connectivity index (χ4n) is 2.04. The van der Waals surface area contributed by atoms with Gasteiger partial charge in [0, 0.05) is 6.04 Å². The zero-order chi connectivity index (χ0) is 15.8. The number of carboxylic acid groups (broad SMARTS) is 1. The molecular formula is C15H23NO5. The Labute approximate surface area is 124 Å². The number of aliphatic hydroxyl groups excluding tert-OH is 1. The first-order valence-electron chi connectivity index (χ1n) is 7.00. The van der Waals surface area contributed by atoms with E-state index in [-0.39, 0.29) is 6.42 Å². The molecule has 0 saturated heterocycles. The van der Waals surface area contributed by atoms with Crippen LogP contribution in [0.4, 0.5) is 0 Å². The molecule has 21 heavy (non-hydrogen) atoms. The number of hydrogen-bond donors (Lipinski definition) is 3. The minimum atomic E-state index is -0.968. The zero-order valence-electron chi connectivity index (χ0n) is 12.6. The molecule has 0 amide bonds. The van der Waals surface area contributed by atoms with E-state index < -0.39 is 18.1 Å². The lowest BCUT2D eigenvalue weighted by molar-refractivity contribution is -0.138. The van der Waals surface area contributed by atoms with Crippen molar-refractivity contribution in [3.05, 3.63) is 23.8 Å². The van der Waals surface area contributed by atoms with Crippen molar-refractivity contribution in [1.29, 1.82) is 0 Å². The molecule has 0 aliphatic rings. The van der Waals surface area contributed by atoms with E-state index in [0.717, 1.165) is 0 Å². The highest BCUT2D eigenvalue weighted by molar-refractivity contribution is 5.67. The monoisotopic (exact) mass is 297 g/mol. The van der Waals surface area contributed by atoms with Crippen molar-refractivity contribution in [2.75, 3.05) is 20.3 Å². The largest absolute Gasteiger partial charge is 0.490 e. The van der Waals surface area contributed by atoms with Gasteiger partial charge in [-0.15, -0.1) is 0 Å². The van der Waals surface area contributed by atoms with Crippen molar-refractivity contribution in [3.8, 4) is 11.5 Å². The van der Waals surface area contributed by atoms with Gasteiger partial charge < -0.3 is 25.0 Å². The van der Waals surface area contributed by atoms with Gasteiger partial charge in [0.1, 0.15) is 0 Å². The highest BCUT2D eigenvalue weighted by atomic mass is 16.5. The summed E-state index contributed by atoms with van der Waals surface area (Å²) in [4.78, 5) is 10.8. The van der Waals surface area contributed by atoms with Gasteiger partial charge in [-0.1, -0.05) is 6.07 Å². The normalized spacial score (nSPS) is 13.5. The molecule has 1 aromatic carbocycles. The Bertz CT molecular complexity index is 463. The molecule has 0 aromatic heterocycles. The molecule has 1 aromatic rings. The molecule has 0 spiro atoms. The van der Waals surface area contributed by atoms with Crippen LogP contribution in [-0.4, -0.2) is 42.5 Å². The van der Waals surface area contributed by atoms with Gasteiger partial charge in [-0.3, -0.25) is 4.79 Å². The molecule has 1 rings (SSSR count). The molecule has 6 heteroatoms. The number of benzene rings is 1. The van der Waals surface area contributed by atoms with Crippen LogP contribution in [0.25, 0.3) is 0 Å². The second kappa shape index (κ2) is 8.49. The van der Waals surface area contributed by atoms with Gasteiger partial charge in [0.05, 0.1) is 25.7 Å². The van der Waals surface area contributed by atoms with Crippen LogP contribution >= 0.6 is 0 Å². The smallest absolute Gasteiger partial charge is 0.305 e. The summed E-state index contributed by atoms with van der Waals surface area (Å²) in [6.07, 6.45) is -1.12. The Kier molecular flexibility index (Phi) is 6.98. The number of aliphatic carboxylic acids is 1. The Morgan fingerprint density at radius 2 is 1.86 bits per heavy atom. The van der Waals surface area contributed by atoms with Crippen LogP contribution in [0.3, 0.4) is 0 Å². The van der Waals surface area contributed by atoms with Crippen molar-refractivity contribution in [3.63, 3.8) is 0 Å². The van der Waals surface area contributed by atoms with Crippen LogP contribution in [0.5, 0.6) is 11.5 Å². The molecule has 6 nitrogen and oxygen atoms in total. The summed E-state index contributed by atoms with van der Waals surface area (Å²) in [5.74, 6) is 0.181. The molecule has 0 heterocycles. The number of carbonyl (C=O) groups is 1. The van der Waals surface area contributed by atoms with Gasteiger partial charge in [-0.2, -0.15) is 0 Å². The van der Waals surface area contributed by atoms with Crippen molar-refractivity contribution in [2.24, 2.45) is 0 Å². The number of hydrogen-bond acceptors (Lipinski definition) is 5. The second-order valence-electron chi connectivity index (χ2n) is 4.51. The molecule has 118 valence electrons. The van der Waals surface area contributed by atoms with Gasteiger partial charge >= 0.3 is 5.97 Å². The first-order chi connectivity index (χ1) is 10.0. The maximum atomic E-state index is 10.8. The van der Waals surface area contributed by atoms with Crippen molar-refractivity contribution in [1.82, 2.24) is 5.32 Å². The van der Waals surface area contributed by atoms with Gasteiger partial charge in [-0.25, -0.2) is 0 Å². The van der Waals surface area contributed by atoms with Crippen molar-refractivity contribution >= 4 is 5.97 Å². The molecule has 3 N–H and O–H groups in total. The Balaban J connectivity index is 3.00. The molecule has 0 bridgehead atoms. The summed E-state index contributed by atoms with van der Waals surface area (Å²) in [6.45, 7) is 4.73. The van der Waals surface area contributed by atoms with Gasteiger partial charge in [0.25, 0.3) is 0 Å². The Morgan fingerprint density at radius 1 is 1.24 bits per heavy atom. The Morgan fingerprint density at radius 3 is 2.38 bits per heavy atom. The molecule has 0 aliphatic carbocycles. The topological polar surface area (TPSA) is 88.0 Å². The average molecular weight is 297 g/mol. The van der Waals surface area contributed by atoms with E-state index in [9.17, 15) is 9.90 Å². The molecule has 2 unspecified atom stereocenters. The SMILES string of the molecule is CCOc1ccc(C(O)C(CC(=O)O)NC)cc1OCC. The van der Waals surface area contributed by atoms with E-state index in [2.05, 4.69) is 5.32 Å². The standard InChI is InChI=1S/C15H23NO5/c1-4-20-12-7-6-10(8-13(12)21-5-2)15(19)11(16-3)9-14(17)18/h6-8,11,15-16,19H,4-5,9H2,1-3H3,(H,17,18). The minimum Gasteiger partial charge on any atom is -0.490 e. The van der Waals surface area contributed by atoms with Crippen LogP contribution in [-0.2, 0) is 4.79 Å². The third-order valence-corrected chi connectivity index (χ3v) is 3.06. The van der Waals surface area contributed by atoms with Crippen LogP contribution in [0.2, 0.25) is 0 Å². The van der Waals surface area contributed by atoms with E-state index in [1.165, 1.54) is 0 Å². The molecule has 0 saturated carbocycles. The first kappa shape index (κ1) is 17.3. The quantitative estimate of drug-likeness (QED) is 0.641. The number of carboxylic acids is 1. The Hall–Kier alpha value is -1.79. The summed E-state index contributed by atoms with van der Waals surface area (Å²) in [6, 6.07) is 4.55.